The largest absolute Gasteiger partial charge is 0.285 e. The summed E-state index contributed by atoms with van der Waals surface area (Å²) < 4.78 is 63.8. The summed E-state index contributed by atoms with van der Waals surface area (Å²) in [5, 5.41) is -1.75. The normalized spacial score (nSPS) is 38.1. The van der Waals surface area contributed by atoms with Crippen molar-refractivity contribution in [3.8, 4) is 0 Å². The molecule has 6 nitrogen and oxygen atoms in total. The van der Waals surface area contributed by atoms with Gasteiger partial charge in [0.1, 0.15) is 0 Å². The number of fused-ring (bicyclic) bond motifs is 1. The second kappa shape index (κ2) is 4.73. The van der Waals surface area contributed by atoms with Gasteiger partial charge >= 0.3 is 0 Å². The molecule has 106 valence electrons. The van der Waals surface area contributed by atoms with Crippen molar-refractivity contribution in [1.82, 2.24) is 0 Å². The first-order valence-electron chi connectivity index (χ1n) is 6.14. The molecule has 8 heteroatoms. The van der Waals surface area contributed by atoms with E-state index in [4.69, 9.17) is 0 Å². The maximum absolute atomic E-state index is 11.3. The zero-order chi connectivity index (χ0) is 13.6. The van der Waals surface area contributed by atoms with Gasteiger partial charge in [-0.2, -0.15) is 16.8 Å². The standard InChI is InChI=1S/C10H18O6S2/c11-17(12,13)9-5-1-3-7-8(9)4-2-6-10(7)18(14,15)16/h7-10H,1-6H2,(H,11,12,13)(H,14,15,16). The molecule has 0 aromatic heterocycles. The fraction of sp³-hybridized carbons (Fsp3) is 1.00. The van der Waals surface area contributed by atoms with Crippen LogP contribution in [0.5, 0.6) is 0 Å². The zero-order valence-corrected chi connectivity index (χ0v) is 11.5. The second-order valence-corrected chi connectivity index (χ2v) is 8.57. The summed E-state index contributed by atoms with van der Waals surface area (Å²) in [6.07, 6.45) is 3.08. The predicted octanol–water partition coefficient (Wildman–Crippen LogP) is 1.10. The van der Waals surface area contributed by atoms with Crippen molar-refractivity contribution >= 4 is 20.2 Å². The third kappa shape index (κ3) is 2.71. The van der Waals surface area contributed by atoms with Gasteiger partial charge in [-0.15, -0.1) is 0 Å². The van der Waals surface area contributed by atoms with E-state index in [0.717, 1.165) is 0 Å². The van der Waals surface area contributed by atoms with Crippen LogP contribution in [0, 0.1) is 11.8 Å². The summed E-state index contributed by atoms with van der Waals surface area (Å²) in [6, 6.07) is 0. The smallest absolute Gasteiger partial charge is 0.268 e. The van der Waals surface area contributed by atoms with E-state index in [9.17, 15) is 25.9 Å². The van der Waals surface area contributed by atoms with Gasteiger partial charge in [-0.1, -0.05) is 12.8 Å². The molecule has 4 unspecified atom stereocenters. The fourth-order valence-corrected chi connectivity index (χ4v) is 6.12. The highest BCUT2D eigenvalue weighted by atomic mass is 32.2. The summed E-state index contributed by atoms with van der Waals surface area (Å²) in [5.74, 6) is -0.705. The summed E-state index contributed by atoms with van der Waals surface area (Å²) in [5.41, 5.74) is 0. The van der Waals surface area contributed by atoms with Gasteiger partial charge in [0.25, 0.3) is 20.2 Å². The third-order valence-electron chi connectivity index (χ3n) is 4.32. The molecule has 2 aliphatic rings. The molecule has 2 aliphatic carbocycles. The van der Waals surface area contributed by atoms with Crippen LogP contribution in [0.3, 0.4) is 0 Å². The van der Waals surface area contributed by atoms with Crippen LogP contribution in [0.1, 0.15) is 38.5 Å². The highest BCUT2D eigenvalue weighted by Gasteiger charge is 2.48. The minimum Gasteiger partial charge on any atom is -0.285 e. The molecule has 0 aromatic rings. The molecule has 0 amide bonds. The van der Waals surface area contributed by atoms with E-state index in [1.807, 2.05) is 0 Å². The first-order valence-corrected chi connectivity index (χ1v) is 9.14. The SMILES string of the molecule is O=S(=O)(O)C1CCCC2C1CCCC2S(=O)(=O)O. The van der Waals surface area contributed by atoms with Crippen LogP contribution in [-0.2, 0) is 20.2 Å². The summed E-state index contributed by atoms with van der Waals surface area (Å²) in [6.45, 7) is 0. The van der Waals surface area contributed by atoms with Crippen LogP contribution in [0.15, 0.2) is 0 Å². The van der Waals surface area contributed by atoms with Gasteiger partial charge in [0.15, 0.2) is 0 Å². The lowest BCUT2D eigenvalue weighted by molar-refractivity contribution is 0.168. The van der Waals surface area contributed by atoms with Crippen LogP contribution in [-0.4, -0.2) is 36.4 Å². The van der Waals surface area contributed by atoms with Crippen LogP contribution in [0.25, 0.3) is 0 Å². The molecule has 0 aliphatic heterocycles. The maximum Gasteiger partial charge on any atom is 0.268 e. The molecule has 4 atom stereocenters. The Morgan fingerprint density at radius 1 is 0.667 bits per heavy atom. The van der Waals surface area contributed by atoms with Crippen LogP contribution in [0.2, 0.25) is 0 Å². The minimum absolute atomic E-state index is 0.352. The van der Waals surface area contributed by atoms with Gasteiger partial charge in [0, 0.05) is 0 Å². The van der Waals surface area contributed by atoms with Gasteiger partial charge in [0.05, 0.1) is 10.5 Å². The highest BCUT2D eigenvalue weighted by Crippen LogP contribution is 2.45. The molecule has 0 spiro atoms. The average molecular weight is 298 g/mol. The molecular formula is C10H18O6S2. The van der Waals surface area contributed by atoms with Crippen LogP contribution in [0.4, 0.5) is 0 Å². The number of hydrogen-bond acceptors (Lipinski definition) is 4. The van der Waals surface area contributed by atoms with Crippen molar-refractivity contribution in [2.45, 2.75) is 49.0 Å². The van der Waals surface area contributed by atoms with Crippen LogP contribution < -0.4 is 0 Å². The summed E-state index contributed by atoms with van der Waals surface area (Å²) in [4.78, 5) is 0. The second-order valence-electron chi connectivity index (χ2n) is 5.30. The van der Waals surface area contributed by atoms with E-state index >= 15 is 0 Å². The van der Waals surface area contributed by atoms with Crippen molar-refractivity contribution in [2.75, 3.05) is 0 Å². The zero-order valence-electron chi connectivity index (χ0n) is 9.90. The Morgan fingerprint density at radius 3 is 1.28 bits per heavy atom. The lowest BCUT2D eigenvalue weighted by Crippen LogP contribution is -2.47. The molecule has 2 rings (SSSR count). The monoisotopic (exact) mass is 298 g/mol. The van der Waals surface area contributed by atoms with Crippen molar-refractivity contribution in [3.05, 3.63) is 0 Å². The molecule has 0 heterocycles. The van der Waals surface area contributed by atoms with E-state index in [1.54, 1.807) is 0 Å². The maximum atomic E-state index is 11.3. The van der Waals surface area contributed by atoms with E-state index in [0.29, 0.717) is 38.5 Å². The van der Waals surface area contributed by atoms with Crippen molar-refractivity contribution in [1.29, 1.82) is 0 Å². The lowest BCUT2D eigenvalue weighted by atomic mass is 9.70. The predicted molar refractivity (Wildman–Crippen MR) is 65.4 cm³/mol. The summed E-state index contributed by atoms with van der Waals surface area (Å²) in [7, 11) is -8.28. The molecule has 0 bridgehead atoms. The molecule has 2 N–H and O–H groups in total. The number of hydrogen-bond donors (Lipinski definition) is 2. The van der Waals surface area contributed by atoms with Gasteiger partial charge in [-0.05, 0) is 37.5 Å². The fourth-order valence-electron chi connectivity index (χ4n) is 3.63. The summed E-state index contributed by atoms with van der Waals surface area (Å²) >= 11 is 0. The average Bonchev–Trinajstić information content (AvgIpc) is 2.24. The van der Waals surface area contributed by atoms with E-state index in [2.05, 4.69) is 0 Å². The molecule has 2 fully saturated rings. The molecule has 0 radical (unpaired) electrons. The molecule has 18 heavy (non-hydrogen) atoms. The van der Waals surface area contributed by atoms with E-state index < -0.39 is 30.7 Å². The third-order valence-corrected chi connectivity index (χ3v) is 7.02. The minimum atomic E-state index is -4.14. The van der Waals surface area contributed by atoms with E-state index in [1.165, 1.54) is 0 Å². The van der Waals surface area contributed by atoms with Gasteiger partial charge in [-0.3, -0.25) is 9.11 Å². The van der Waals surface area contributed by atoms with Crippen molar-refractivity contribution in [2.24, 2.45) is 11.8 Å². The Bertz CT molecular complexity index is 460. The van der Waals surface area contributed by atoms with Gasteiger partial charge in [-0.25, -0.2) is 0 Å². The topological polar surface area (TPSA) is 109 Å². The molecule has 2 saturated carbocycles. The van der Waals surface area contributed by atoms with E-state index in [-0.39, 0.29) is 11.8 Å². The Labute approximate surface area is 107 Å². The molecule has 0 saturated heterocycles. The quantitative estimate of drug-likeness (QED) is 0.739. The van der Waals surface area contributed by atoms with Crippen molar-refractivity contribution < 1.29 is 25.9 Å². The van der Waals surface area contributed by atoms with Crippen LogP contribution >= 0.6 is 0 Å². The number of rotatable bonds is 2. The van der Waals surface area contributed by atoms with Gasteiger partial charge in [0.2, 0.25) is 0 Å². The first kappa shape index (κ1) is 14.2. The lowest BCUT2D eigenvalue weighted by Gasteiger charge is -2.43. The molecule has 0 aromatic carbocycles. The Kier molecular flexibility index (Phi) is 3.74. The Balaban J connectivity index is 2.31. The Hall–Kier alpha value is -0.180. The Morgan fingerprint density at radius 2 is 1.00 bits per heavy atom. The highest BCUT2D eigenvalue weighted by molar-refractivity contribution is 7.86. The first-order chi connectivity index (χ1) is 8.21. The molecular weight excluding hydrogens is 280 g/mol. The van der Waals surface area contributed by atoms with Gasteiger partial charge < -0.3 is 0 Å². The van der Waals surface area contributed by atoms with Crippen molar-refractivity contribution in [3.63, 3.8) is 0 Å².